The lowest BCUT2D eigenvalue weighted by molar-refractivity contribution is -0.139. The molecule has 1 fully saturated rings. The summed E-state index contributed by atoms with van der Waals surface area (Å²) in [6, 6.07) is -13.0. The zero-order valence-corrected chi connectivity index (χ0v) is 47.3. The number of aliphatic hydroxyl groups excluding tert-OH is 1. The predicted octanol–water partition coefficient (Wildman–Crippen LogP) is -3.91. The Labute approximate surface area is 470 Å². The molecule has 1 aromatic heterocycles. The quantitative estimate of drug-likeness (QED) is 0.0403. The van der Waals surface area contributed by atoms with E-state index in [4.69, 9.17) is 17.2 Å². The summed E-state index contributed by atoms with van der Waals surface area (Å²) < 4.78 is 0. The number of guanidine groups is 1. The van der Waals surface area contributed by atoms with Gasteiger partial charge in [-0.25, -0.2) is 4.98 Å². The molecule has 2 rings (SSSR count). The molecule has 1 aliphatic rings. The highest BCUT2D eigenvalue weighted by Gasteiger charge is 2.36. The molecule has 1 saturated heterocycles. The van der Waals surface area contributed by atoms with Gasteiger partial charge in [-0.1, -0.05) is 47.5 Å². The van der Waals surface area contributed by atoms with E-state index in [1.807, 2.05) is 13.8 Å². The first-order chi connectivity index (χ1) is 38.1. The number of imidazole rings is 1. The van der Waals surface area contributed by atoms with Crippen molar-refractivity contribution in [2.24, 2.45) is 34.0 Å². The van der Waals surface area contributed by atoms with Crippen LogP contribution in [0.2, 0.25) is 0 Å². The summed E-state index contributed by atoms with van der Waals surface area (Å²) in [5.41, 5.74) is 16.8. The maximum Gasteiger partial charge on any atom is 0.303 e. The van der Waals surface area contributed by atoms with Crippen molar-refractivity contribution in [3.05, 3.63) is 18.2 Å². The molecule has 0 bridgehead atoms. The lowest BCUT2D eigenvalue weighted by atomic mass is 10.0. The van der Waals surface area contributed by atoms with E-state index in [1.165, 1.54) is 26.4 Å². The molecule has 0 aliphatic carbocycles. The Bertz CT molecular complexity index is 2330. The van der Waals surface area contributed by atoms with Crippen LogP contribution in [-0.2, 0) is 64.0 Å². The highest BCUT2D eigenvalue weighted by Crippen LogP contribution is 2.12. The SMILES string of the molecule is CC[C@@H]1NC(=O)[C@H](CCCN=C(N)N)NC(=O)[C@H](CCC(=O)O)NC(=O)[C@H]([C@@H](C)O)NC(=O)CCCCCCNC(=O)[C@H](CC(C)C)NC(=O)[C@H](CC(N)=O)NC(=O)[C@H](Cc2cnc[nH]2)NC(=O)[C@H](CC(C)C)NC(=O)[C@H](C)NC1=O. The van der Waals surface area contributed by atoms with Crippen LogP contribution in [-0.4, -0.2) is 171 Å². The number of rotatable bonds is 17. The smallest absolute Gasteiger partial charge is 0.303 e. The Morgan fingerprint density at radius 2 is 1.14 bits per heavy atom. The number of carboxylic acids is 1. The second-order valence-corrected chi connectivity index (χ2v) is 20.9. The van der Waals surface area contributed by atoms with E-state index < -0.39 is 151 Å². The van der Waals surface area contributed by atoms with Crippen LogP contribution in [0.3, 0.4) is 0 Å². The first-order valence-corrected chi connectivity index (χ1v) is 27.3. The van der Waals surface area contributed by atoms with Crippen molar-refractivity contribution in [3.8, 4) is 0 Å². The Kier molecular flexibility index (Phi) is 30.4. The molecule has 19 N–H and O–H groups in total. The van der Waals surface area contributed by atoms with Gasteiger partial charge in [0.05, 0.1) is 18.9 Å². The third kappa shape index (κ3) is 26.7. The van der Waals surface area contributed by atoms with Crippen LogP contribution >= 0.6 is 0 Å². The lowest BCUT2D eigenvalue weighted by Crippen LogP contribution is -2.61. The fourth-order valence-electron chi connectivity index (χ4n) is 8.35. The van der Waals surface area contributed by atoms with Gasteiger partial charge in [0.15, 0.2) is 5.96 Å². The maximum atomic E-state index is 14.2. The molecule has 30 nitrogen and oxygen atoms in total. The van der Waals surface area contributed by atoms with Crippen molar-refractivity contribution in [1.29, 1.82) is 0 Å². The van der Waals surface area contributed by atoms with E-state index in [0.717, 1.165) is 0 Å². The molecule has 0 aromatic carbocycles. The Morgan fingerprint density at radius 1 is 0.630 bits per heavy atom. The van der Waals surface area contributed by atoms with Crippen LogP contribution in [0, 0.1) is 11.8 Å². The monoisotopic (exact) mass is 1150 g/mol. The van der Waals surface area contributed by atoms with Gasteiger partial charge in [0.25, 0.3) is 0 Å². The van der Waals surface area contributed by atoms with Crippen molar-refractivity contribution in [1.82, 2.24) is 63.1 Å². The minimum Gasteiger partial charge on any atom is -0.481 e. The zero-order valence-electron chi connectivity index (χ0n) is 47.3. The first-order valence-electron chi connectivity index (χ1n) is 27.3. The number of aliphatic hydroxyl groups is 1. The molecule has 1 aliphatic heterocycles. The number of H-pyrrole nitrogens is 1. The zero-order chi connectivity index (χ0) is 60.9. The summed E-state index contributed by atoms with van der Waals surface area (Å²) in [4.78, 5) is 173. The van der Waals surface area contributed by atoms with Crippen LogP contribution in [0.25, 0.3) is 0 Å². The lowest BCUT2D eigenvalue weighted by Gasteiger charge is -2.28. The van der Waals surface area contributed by atoms with E-state index >= 15 is 0 Å². The normalized spacial score (nSPS) is 25.1. The number of carboxylic acid groups (broad SMARTS) is 1. The molecule has 0 saturated carbocycles. The molecule has 11 amide bonds. The topological polar surface area (TPSA) is 485 Å². The number of aliphatic imine (C=N–C) groups is 1. The van der Waals surface area contributed by atoms with Gasteiger partial charge in [0, 0.05) is 44.2 Å². The number of nitrogens with one attached hydrogen (secondary N) is 11. The molecule has 0 radical (unpaired) electrons. The van der Waals surface area contributed by atoms with E-state index in [9.17, 15) is 67.7 Å². The Hall–Kier alpha value is -7.92. The fourth-order valence-corrected chi connectivity index (χ4v) is 8.35. The molecule has 454 valence electrons. The molecular weight excluding hydrogens is 1060 g/mol. The van der Waals surface area contributed by atoms with Gasteiger partial charge >= 0.3 is 5.97 Å². The third-order valence-electron chi connectivity index (χ3n) is 12.7. The second kappa shape index (κ2) is 35.6. The number of primary amides is 1. The molecule has 81 heavy (non-hydrogen) atoms. The number of amides is 11. The van der Waals surface area contributed by atoms with Gasteiger partial charge in [-0.3, -0.25) is 62.5 Å². The molecule has 2 heterocycles. The molecule has 0 unspecified atom stereocenters. The van der Waals surface area contributed by atoms with E-state index in [2.05, 4.69) is 68.1 Å². The van der Waals surface area contributed by atoms with Crippen LogP contribution in [0.4, 0.5) is 0 Å². The minimum atomic E-state index is -1.63. The number of carbonyl (C=O) groups excluding carboxylic acids is 11. The third-order valence-corrected chi connectivity index (χ3v) is 12.7. The van der Waals surface area contributed by atoms with Crippen molar-refractivity contribution < 1.29 is 67.7 Å². The van der Waals surface area contributed by atoms with Gasteiger partial charge in [-0.15, -0.1) is 0 Å². The molecule has 10 atom stereocenters. The second-order valence-electron chi connectivity index (χ2n) is 20.9. The molecule has 30 heteroatoms. The van der Waals surface area contributed by atoms with Crippen molar-refractivity contribution in [2.75, 3.05) is 13.1 Å². The summed E-state index contributed by atoms with van der Waals surface area (Å²) in [7, 11) is 0. The average Bonchev–Trinajstić information content (AvgIpc) is 3.90. The van der Waals surface area contributed by atoms with Gasteiger partial charge in [0.2, 0.25) is 65.0 Å². The summed E-state index contributed by atoms with van der Waals surface area (Å²) in [5, 5.41) is 45.6. The summed E-state index contributed by atoms with van der Waals surface area (Å²) in [6.45, 7) is 11.4. The van der Waals surface area contributed by atoms with Gasteiger partial charge in [-0.2, -0.15) is 0 Å². The first kappa shape index (κ1) is 69.2. The highest BCUT2D eigenvalue weighted by atomic mass is 16.4. The Morgan fingerprint density at radius 3 is 1.70 bits per heavy atom. The molecular formula is C51H86N16O14. The average molecular weight is 1150 g/mol. The number of aliphatic carboxylic acids is 1. The summed E-state index contributed by atoms with van der Waals surface area (Å²) in [6.07, 6.45) is 0.817. The largest absolute Gasteiger partial charge is 0.481 e. The van der Waals surface area contributed by atoms with Crippen LogP contribution in [0.5, 0.6) is 0 Å². The van der Waals surface area contributed by atoms with Gasteiger partial charge < -0.3 is 85.6 Å². The highest BCUT2D eigenvalue weighted by molar-refractivity contribution is 5.99. The van der Waals surface area contributed by atoms with Gasteiger partial charge in [0.1, 0.15) is 54.4 Å². The fraction of sp³-hybridized carbons (Fsp3) is 0.686. The van der Waals surface area contributed by atoms with Crippen LogP contribution in [0.1, 0.15) is 138 Å². The van der Waals surface area contributed by atoms with Gasteiger partial charge in [-0.05, 0) is 77.0 Å². The molecule has 0 spiro atoms. The van der Waals surface area contributed by atoms with Crippen LogP contribution in [0.15, 0.2) is 17.5 Å². The summed E-state index contributed by atoms with van der Waals surface area (Å²) >= 11 is 0. The van der Waals surface area contributed by atoms with E-state index in [-0.39, 0.29) is 75.8 Å². The van der Waals surface area contributed by atoms with Crippen LogP contribution < -0.4 is 70.4 Å². The number of aromatic nitrogens is 2. The van der Waals surface area contributed by atoms with Crippen molar-refractivity contribution >= 4 is 76.9 Å². The number of nitrogens with zero attached hydrogens (tertiary/aromatic N) is 2. The standard InChI is InChI=1S/C51H86N16O14/c1-8-31-44(75)59-28(6)42(73)63-35(21-27(4)5)47(78)65-36(22-30-24-55-25-58-30)48(79)66-37(23-38(52)69)49(80)64-34(20-26(2)3)43(74)56-18-12-10-9-11-15-39(70)67-41(29(7)68)50(81)62-33(16-17-40(71)72)46(77)61-32(45(76)60-31)14-13-19-57-51(53)54/h24-29,31-37,41,68H,8-23H2,1-7H3,(H2,52,69)(H,55,58)(H,56,74)(H,59,75)(H,60,76)(H,61,77)(H,62,81)(H,63,73)(H,64,80)(H,65,78)(H,66,79)(H,67,70)(H,71,72)(H4,53,54,57)/t28-,29+,31-,32-,33-,34-,35-,36-,37-,41-/m0/s1. The van der Waals surface area contributed by atoms with E-state index in [1.54, 1.807) is 20.8 Å². The minimum absolute atomic E-state index is 0.0114. The van der Waals surface area contributed by atoms with E-state index in [0.29, 0.717) is 31.4 Å². The maximum absolute atomic E-state index is 14.2. The number of aromatic amines is 1. The summed E-state index contributed by atoms with van der Waals surface area (Å²) in [5.74, 6) is -11.6. The number of hydrogen-bond acceptors (Lipinski definition) is 15. The molecule has 1 aromatic rings. The predicted molar refractivity (Wildman–Crippen MR) is 293 cm³/mol. The number of carbonyl (C=O) groups is 12. The number of nitrogens with two attached hydrogens (primary N) is 3. The number of hydrogen-bond donors (Lipinski definition) is 16. The Balaban J connectivity index is 2.63. The van der Waals surface area contributed by atoms with Crippen molar-refractivity contribution in [3.63, 3.8) is 0 Å². The van der Waals surface area contributed by atoms with Crippen molar-refractivity contribution in [2.45, 2.75) is 199 Å².